The summed E-state index contributed by atoms with van der Waals surface area (Å²) < 4.78 is 7.52. The molecule has 0 atom stereocenters. The molecule has 0 fully saturated rings. The van der Waals surface area contributed by atoms with E-state index in [4.69, 9.17) is 4.74 Å². The summed E-state index contributed by atoms with van der Waals surface area (Å²) >= 11 is 0. The van der Waals surface area contributed by atoms with Crippen LogP contribution in [-0.2, 0) is 17.9 Å². The molecule has 20 heavy (non-hydrogen) atoms. The molecule has 0 saturated heterocycles. The van der Waals surface area contributed by atoms with Crippen molar-refractivity contribution in [2.75, 3.05) is 0 Å². The van der Waals surface area contributed by atoms with E-state index < -0.39 is 0 Å². The van der Waals surface area contributed by atoms with E-state index in [0.717, 1.165) is 16.8 Å². The number of aryl methyl sites for hydroxylation is 1. The van der Waals surface area contributed by atoms with Gasteiger partial charge in [0, 0.05) is 19.0 Å². The predicted molar refractivity (Wildman–Crippen MR) is 76.7 cm³/mol. The summed E-state index contributed by atoms with van der Waals surface area (Å²) in [6.07, 6.45) is 0.535. The molecule has 0 aliphatic heterocycles. The molecule has 5 heteroatoms. The number of hydrogen-bond acceptors (Lipinski definition) is 4. The van der Waals surface area contributed by atoms with Gasteiger partial charge >= 0.3 is 0 Å². The number of nitrogens with zero attached hydrogens (tertiary/aromatic N) is 2. The Hall–Kier alpha value is -1.88. The monoisotopic (exact) mass is 276 g/mol. The third kappa shape index (κ3) is 3.17. The molecule has 1 aromatic carbocycles. The van der Waals surface area contributed by atoms with Crippen molar-refractivity contribution in [2.45, 2.75) is 46.4 Å². The maximum absolute atomic E-state index is 11.1. The molecule has 1 N–H and O–H groups in total. The van der Waals surface area contributed by atoms with Gasteiger partial charge in [-0.1, -0.05) is 0 Å². The highest BCUT2D eigenvalue weighted by Gasteiger charge is 2.11. The molecule has 2 rings (SSSR count). The highest BCUT2D eigenvalue weighted by Crippen LogP contribution is 2.23. The predicted octanol–water partition coefficient (Wildman–Crippen LogP) is 2.29. The van der Waals surface area contributed by atoms with Gasteiger partial charge in [0.05, 0.1) is 17.1 Å². The third-order valence-electron chi connectivity index (χ3n) is 3.00. The van der Waals surface area contributed by atoms with Gasteiger partial charge in [0.1, 0.15) is 24.0 Å². The molecular formula is C15H20N2O3. The number of aromatic nitrogens is 2. The number of hydrogen-bond donors (Lipinski definition) is 1. The van der Waals surface area contributed by atoms with E-state index in [1.165, 1.54) is 0 Å². The number of carbonyl (C=O) groups is 1. The van der Waals surface area contributed by atoms with Crippen molar-refractivity contribution in [1.82, 2.24) is 9.55 Å². The molecule has 0 spiro atoms. The third-order valence-corrected chi connectivity index (χ3v) is 3.00. The largest absolute Gasteiger partial charge is 0.491 e. The Balaban J connectivity index is 2.38. The quantitative estimate of drug-likeness (QED) is 0.879. The van der Waals surface area contributed by atoms with Crippen LogP contribution in [0.15, 0.2) is 18.2 Å². The fourth-order valence-electron chi connectivity index (χ4n) is 2.14. The van der Waals surface area contributed by atoms with Crippen LogP contribution in [0.3, 0.4) is 0 Å². The van der Waals surface area contributed by atoms with E-state index in [1.54, 1.807) is 6.92 Å². The van der Waals surface area contributed by atoms with E-state index in [2.05, 4.69) is 4.98 Å². The molecule has 1 heterocycles. The molecule has 0 bridgehead atoms. The minimum Gasteiger partial charge on any atom is -0.491 e. The Kier molecular flexibility index (Phi) is 4.39. The molecule has 5 nitrogen and oxygen atoms in total. The number of aliphatic hydroxyl groups excluding tert-OH is 1. The summed E-state index contributed by atoms with van der Waals surface area (Å²) in [5.74, 6) is 1.45. The lowest BCUT2D eigenvalue weighted by atomic mass is 10.2. The molecule has 0 saturated carbocycles. The summed E-state index contributed by atoms with van der Waals surface area (Å²) in [5.41, 5.74) is 1.68. The van der Waals surface area contributed by atoms with Crippen LogP contribution in [-0.4, -0.2) is 26.5 Å². The average molecular weight is 276 g/mol. The average Bonchev–Trinajstić information content (AvgIpc) is 2.72. The molecule has 0 unspecified atom stereocenters. The van der Waals surface area contributed by atoms with Crippen LogP contribution in [0.1, 0.15) is 33.0 Å². The van der Waals surface area contributed by atoms with Crippen LogP contribution in [0, 0.1) is 0 Å². The number of carbonyl (C=O) groups excluding carboxylic acids is 1. The van der Waals surface area contributed by atoms with E-state index in [9.17, 15) is 9.90 Å². The van der Waals surface area contributed by atoms with Gasteiger partial charge in [-0.15, -0.1) is 0 Å². The van der Waals surface area contributed by atoms with Crippen molar-refractivity contribution in [2.24, 2.45) is 0 Å². The Bertz CT molecular complexity index is 617. The van der Waals surface area contributed by atoms with Crippen molar-refractivity contribution in [1.29, 1.82) is 0 Å². The Labute approximate surface area is 118 Å². The first kappa shape index (κ1) is 14.5. The summed E-state index contributed by atoms with van der Waals surface area (Å²) in [5, 5.41) is 9.40. The Morgan fingerprint density at radius 2 is 2.20 bits per heavy atom. The lowest BCUT2D eigenvalue weighted by molar-refractivity contribution is -0.117. The van der Waals surface area contributed by atoms with Crippen molar-refractivity contribution < 1.29 is 14.6 Å². The molecule has 0 aliphatic carbocycles. The normalized spacial score (nSPS) is 11.2. The van der Waals surface area contributed by atoms with Crippen molar-refractivity contribution in [3.05, 3.63) is 24.0 Å². The standard InChI is InChI=1S/C15H20N2O3/c1-10(2)20-12-4-5-14-13(8-12)16-15(9-18)17(14)7-6-11(3)19/h4-5,8,10,18H,6-7,9H2,1-3H3. The van der Waals surface area contributed by atoms with Crippen molar-refractivity contribution >= 4 is 16.8 Å². The number of Topliss-reactive ketones (excluding diaryl/α,β-unsaturated/α-hetero) is 1. The summed E-state index contributed by atoms with van der Waals surface area (Å²) in [7, 11) is 0. The van der Waals surface area contributed by atoms with E-state index in [1.807, 2.05) is 36.6 Å². The fourth-order valence-corrected chi connectivity index (χ4v) is 2.14. The Morgan fingerprint density at radius 3 is 2.80 bits per heavy atom. The minimum atomic E-state index is -0.146. The zero-order valence-electron chi connectivity index (χ0n) is 12.1. The number of benzene rings is 1. The van der Waals surface area contributed by atoms with Gasteiger partial charge in [0.25, 0.3) is 0 Å². The van der Waals surface area contributed by atoms with Gasteiger partial charge in [0.15, 0.2) is 0 Å². The van der Waals surface area contributed by atoms with Crippen LogP contribution in [0.5, 0.6) is 5.75 Å². The lowest BCUT2D eigenvalue weighted by Crippen LogP contribution is -2.07. The van der Waals surface area contributed by atoms with Crippen molar-refractivity contribution in [3.8, 4) is 5.75 Å². The molecule has 0 radical (unpaired) electrons. The molecule has 2 aromatic rings. The number of imidazole rings is 1. The molecular weight excluding hydrogens is 256 g/mol. The van der Waals surface area contributed by atoms with E-state index in [0.29, 0.717) is 18.8 Å². The first-order valence-electron chi connectivity index (χ1n) is 6.77. The van der Waals surface area contributed by atoms with E-state index >= 15 is 0 Å². The Morgan fingerprint density at radius 1 is 1.45 bits per heavy atom. The molecule has 1 aromatic heterocycles. The van der Waals surface area contributed by atoms with E-state index in [-0.39, 0.29) is 18.5 Å². The first-order valence-corrected chi connectivity index (χ1v) is 6.77. The van der Waals surface area contributed by atoms with Crippen LogP contribution < -0.4 is 4.74 Å². The van der Waals surface area contributed by atoms with Crippen LogP contribution in [0.2, 0.25) is 0 Å². The summed E-state index contributed by atoms with van der Waals surface area (Å²) in [6, 6.07) is 5.66. The number of rotatable bonds is 6. The summed E-state index contributed by atoms with van der Waals surface area (Å²) in [6.45, 7) is 5.88. The zero-order valence-corrected chi connectivity index (χ0v) is 12.1. The first-order chi connectivity index (χ1) is 9.51. The van der Waals surface area contributed by atoms with Gasteiger partial charge in [-0.25, -0.2) is 4.98 Å². The summed E-state index contributed by atoms with van der Waals surface area (Å²) in [4.78, 5) is 15.5. The zero-order chi connectivity index (χ0) is 14.7. The minimum absolute atomic E-state index is 0.101. The maximum atomic E-state index is 11.1. The molecule has 108 valence electrons. The van der Waals surface area contributed by atoms with Gasteiger partial charge < -0.3 is 14.4 Å². The van der Waals surface area contributed by atoms with Crippen molar-refractivity contribution in [3.63, 3.8) is 0 Å². The highest BCUT2D eigenvalue weighted by atomic mass is 16.5. The number of ether oxygens (including phenoxy) is 1. The van der Waals surface area contributed by atoms with Gasteiger partial charge in [0.2, 0.25) is 0 Å². The van der Waals surface area contributed by atoms with Gasteiger partial charge in [-0.2, -0.15) is 0 Å². The van der Waals surface area contributed by atoms with Crippen LogP contribution in [0.4, 0.5) is 0 Å². The number of aliphatic hydroxyl groups is 1. The van der Waals surface area contributed by atoms with Crippen LogP contribution >= 0.6 is 0 Å². The number of fused-ring (bicyclic) bond motifs is 1. The lowest BCUT2D eigenvalue weighted by Gasteiger charge is -2.10. The molecule has 0 amide bonds. The highest BCUT2D eigenvalue weighted by molar-refractivity contribution is 5.79. The maximum Gasteiger partial charge on any atom is 0.135 e. The second-order valence-electron chi connectivity index (χ2n) is 5.11. The second kappa shape index (κ2) is 6.05. The van der Waals surface area contributed by atoms with Crippen LogP contribution in [0.25, 0.3) is 11.0 Å². The van der Waals surface area contributed by atoms with Gasteiger partial charge in [-0.3, -0.25) is 4.79 Å². The second-order valence-corrected chi connectivity index (χ2v) is 5.11. The molecule has 0 aliphatic rings. The fraction of sp³-hybridized carbons (Fsp3) is 0.467. The van der Waals surface area contributed by atoms with Gasteiger partial charge in [-0.05, 0) is 32.9 Å². The smallest absolute Gasteiger partial charge is 0.135 e. The number of ketones is 1. The SMILES string of the molecule is CC(=O)CCn1c(CO)nc2cc(OC(C)C)ccc21. The topological polar surface area (TPSA) is 64.4 Å².